The third-order valence-corrected chi connectivity index (χ3v) is 3.52. The number of hydrogen-bond acceptors (Lipinski definition) is 6. The quantitative estimate of drug-likeness (QED) is 0.740. The molecular weight excluding hydrogens is 324 g/mol. The number of amides is 1. The molecule has 0 bridgehead atoms. The van der Waals surface area contributed by atoms with Crippen molar-refractivity contribution < 1.29 is 19.0 Å². The summed E-state index contributed by atoms with van der Waals surface area (Å²) in [6.07, 6.45) is 0. The Bertz CT molecular complexity index is 885. The molecule has 3 aromatic rings. The van der Waals surface area contributed by atoms with E-state index < -0.39 is 0 Å². The third kappa shape index (κ3) is 3.32. The Balaban J connectivity index is 1.95. The van der Waals surface area contributed by atoms with Crippen LogP contribution in [0.4, 0.5) is 5.95 Å². The Morgan fingerprint density at radius 2 is 1.84 bits per heavy atom. The molecule has 0 aliphatic heterocycles. The van der Waals surface area contributed by atoms with Crippen molar-refractivity contribution in [3.8, 4) is 17.4 Å². The number of nitrogens with zero attached hydrogens (tertiary/aromatic N) is 3. The van der Waals surface area contributed by atoms with Gasteiger partial charge in [-0.2, -0.15) is 0 Å². The predicted molar refractivity (Wildman–Crippen MR) is 91.7 cm³/mol. The van der Waals surface area contributed by atoms with E-state index in [1.807, 2.05) is 13.0 Å². The number of carbonyl (C=O) groups is 1. The van der Waals surface area contributed by atoms with Crippen LogP contribution in [0, 0.1) is 0 Å². The first-order chi connectivity index (χ1) is 12.2. The Morgan fingerprint density at radius 3 is 2.48 bits per heavy atom. The normalized spacial score (nSPS) is 10.5. The molecule has 0 saturated heterocycles. The molecule has 1 amide bonds. The van der Waals surface area contributed by atoms with Crippen LogP contribution in [0.15, 0.2) is 36.4 Å². The van der Waals surface area contributed by atoms with Gasteiger partial charge in [0.25, 0.3) is 5.91 Å². The molecule has 0 aliphatic rings. The zero-order chi connectivity index (χ0) is 17.8. The van der Waals surface area contributed by atoms with Gasteiger partial charge >= 0.3 is 0 Å². The van der Waals surface area contributed by atoms with E-state index in [1.54, 1.807) is 34.7 Å². The number of rotatable bonds is 6. The highest BCUT2D eigenvalue weighted by atomic mass is 16.5. The molecule has 1 N–H and O–H groups in total. The first kappa shape index (κ1) is 16.6. The smallest absolute Gasteiger partial charge is 0.258 e. The molecule has 1 aromatic carbocycles. The van der Waals surface area contributed by atoms with Crippen molar-refractivity contribution in [3.63, 3.8) is 0 Å². The highest BCUT2D eigenvalue weighted by Crippen LogP contribution is 2.24. The lowest BCUT2D eigenvalue weighted by Crippen LogP contribution is -2.15. The van der Waals surface area contributed by atoms with Crippen LogP contribution in [-0.2, 0) is 0 Å². The Kier molecular flexibility index (Phi) is 4.69. The number of hydrogen-bond donors (Lipinski definition) is 1. The van der Waals surface area contributed by atoms with Crippen LogP contribution in [0.3, 0.4) is 0 Å². The highest BCUT2D eigenvalue weighted by molar-refractivity contribution is 6.04. The van der Waals surface area contributed by atoms with Gasteiger partial charge in [-0.3, -0.25) is 10.1 Å². The van der Waals surface area contributed by atoms with E-state index >= 15 is 0 Å². The number of aromatic nitrogens is 3. The van der Waals surface area contributed by atoms with Crippen molar-refractivity contribution in [1.82, 2.24) is 14.6 Å². The summed E-state index contributed by atoms with van der Waals surface area (Å²) in [6, 6.07) is 10.3. The first-order valence-electron chi connectivity index (χ1n) is 7.67. The first-order valence-corrected chi connectivity index (χ1v) is 7.67. The van der Waals surface area contributed by atoms with Gasteiger partial charge in [0.1, 0.15) is 11.5 Å². The standard InChI is InChI=1S/C17H18N4O4/c1-4-25-15-7-5-6-14-19-20-17(21(14)15)18-16(22)11-8-12(23-2)10-13(9-11)24-3/h5-10H,4H2,1-3H3,(H,18,20,22). The van der Waals surface area contributed by atoms with Crippen molar-refractivity contribution in [2.24, 2.45) is 0 Å². The molecule has 0 atom stereocenters. The summed E-state index contributed by atoms with van der Waals surface area (Å²) in [5.41, 5.74) is 0.950. The zero-order valence-electron chi connectivity index (χ0n) is 14.1. The summed E-state index contributed by atoms with van der Waals surface area (Å²) in [6.45, 7) is 2.36. The molecule has 3 rings (SSSR count). The molecule has 8 nitrogen and oxygen atoms in total. The highest BCUT2D eigenvalue weighted by Gasteiger charge is 2.15. The van der Waals surface area contributed by atoms with Gasteiger partial charge in [-0.05, 0) is 31.2 Å². The summed E-state index contributed by atoms with van der Waals surface area (Å²) in [4.78, 5) is 12.6. The maximum absolute atomic E-state index is 12.6. The second-order valence-electron chi connectivity index (χ2n) is 5.07. The molecule has 2 aromatic heterocycles. The van der Waals surface area contributed by atoms with E-state index in [2.05, 4.69) is 15.5 Å². The number of nitrogens with one attached hydrogen (secondary N) is 1. The van der Waals surface area contributed by atoms with Crippen LogP contribution in [-0.4, -0.2) is 41.3 Å². The molecule has 2 heterocycles. The van der Waals surface area contributed by atoms with E-state index in [9.17, 15) is 4.79 Å². The number of anilines is 1. The second-order valence-corrected chi connectivity index (χ2v) is 5.07. The molecule has 0 aliphatic carbocycles. The number of carbonyl (C=O) groups excluding carboxylic acids is 1. The number of ether oxygens (including phenoxy) is 3. The molecule has 0 unspecified atom stereocenters. The third-order valence-electron chi connectivity index (χ3n) is 3.52. The van der Waals surface area contributed by atoms with Gasteiger partial charge in [0.2, 0.25) is 11.8 Å². The van der Waals surface area contributed by atoms with Gasteiger partial charge < -0.3 is 14.2 Å². The van der Waals surface area contributed by atoms with E-state index in [0.29, 0.717) is 35.2 Å². The van der Waals surface area contributed by atoms with Crippen LogP contribution in [0.2, 0.25) is 0 Å². The topological polar surface area (TPSA) is 87.0 Å². The maximum Gasteiger partial charge on any atom is 0.258 e. The van der Waals surface area contributed by atoms with E-state index in [1.165, 1.54) is 14.2 Å². The Hall–Kier alpha value is -3.29. The van der Waals surface area contributed by atoms with Gasteiger partial charge in [0.05, 0.1) is 20.8 Å². The van der Waals surface area contributed by atoms with Crippen molar-refractivity contribution in [1.29, 1.82) is 0 Å². The Labute approximate surface area is 144 Å². The lowest BCUT2D eigenvalue weighted by atomic mass is 10.2. The van der Waals surface area contributed by atoms with Crippen LogP contribution >= 0.6 is 0 Å². The van der Waals surface area contributed by atoms with Crippen molar-refractivity contribution in [2.45, 2.75) is 6.92 Å². The zero-order valence-corrected chi connectivity index (χ0v) is 14.1. The van der Waals surface area contributed by atoms with Gasteiger partial charge in [0, 0.05) is 11.6 Å². The largest absolute Gasteiger partial charge is 0.497 e. The lowest BCUT2D eigenvalue weighted by Gasteiger charge is -2.10. The molecule has 25 heavy (non-hydrogen) atoms. The molecule has 0 saturated carbocycles. The fourth-order valence-corrected chi connectivity index (χ4v) is 2.37. The van der Waals surface area contributed by atoms with Crippen LogP contribution in [0.1, 0.15) is 17.3 Å². The van der Waals surface area contributed by atoms with Crippen molar-refractivity contribution in [3.05, 3.63) is 42.0 Å². The number of fused-ring (bicyclic) bond motifs is 1. The average molecular weight is 342 g/mol. The van der Waals surface area contributed by atoms with Gasteiger partial charge in [-0.15, -0.1) is 10.2 Å². The van der Waals surface area contributed by atoms with E-state index in [4.69, 9.17) is 14.2 Å². The summed E-state index contributed by atoms with van der Waals surface area (Å²) in [7, 11) is 3.05. The summed E-state index contributed by atoms with van der Waals surface area (Å²) >= 11 is 0. The minimum Gasteiger partial charge on any atom is -0.497 e. The fraction of sp³-hybridized carbons (Fsp3) is 0.235. The summed E-state index contributed by atoms with van der Waals surface area (Å²) in [5, 5.41) is 10.8. The molecular formula is C17H18N4O4. The van der Waals surface area contributed by atoms with Crippen LogP contribution in [0.5, 0.6) is 17.4 Å². The maximum atomic E-state index is 12.6. The van der Waals surface area contributed by atoms with E-state index in [0.717, 1.165) is 0 Å². The molecule has 130 valence electrons. The van der Waals surface area contributed by atoms with Crippen molar-refractivity contribution >= 4 is 17.5 Å². The van der Waals surface area contributed by atoms with Gasteiger partial charge in [0.15, 0.2) is 5.65 Å². The van der Waals surface area contributed by atoms with E-state index in [-0.39, 0.29) is 11.9 Å². The van der Waals surface area contributed by atoms with Crippen molar-refractivity contribution in [2.75, 3.05) is 26.1 Å². The van der Waals surface area contributed by atoms with Crippen LogP contribution in [0.25, 0.3) is 5.65 Å². The number of methoxy groups -OCH3 is 2. The second kappa shape index (κ2) is 7.08. The molecule has 0 fully saturated rings. The van der Waals surface area contributed by atoms with Gasteiger partial charge in [-0.1, -0.05) is 6.07 Å². The monoisotopic (exact) mass is 342 g/mol. The SMILES string of the molecule is CCOc1cccc2nnc(NC(=O)c3cc(OC)cc(OC)c3)n12. The molecule has 0 spiro atoms. The minimum atomic E-state index is -0.363. The molecule has 8 heteroatoms. The Morgan fingerprint density at radius 1 is 1.12 bits per heavy atom. The minimum absolute atomic E-state index is 0.269. The lowest BCUT2D eigenvalue weighted by molar-refractivity contribution is 0.102. The summed E-state index contributed by atoms with van der Waals surface area (Å²) in [5.74, 6) is 1.49. The number of pyridine rings is 1. The number of benzene rings is 1. The summed E-state index contributed by atoms with van der Waals surface area (Å²) < 4.78 is 17.6. The van der Waals surface area contributed by atoms with Crippen LogP contribution < -0.4 is 19.5 Å². The average Bonchev–Trinajstić information content (AvgIpc) is 3.05. The van der Waals surface area contributed by atoms with Gasteiger partial charge in [-0.25, -0.2) is 4.40 Å². The predicted octanol–water partition coefficient (Wildman–Crippen LogP) is 2.40. The fourth-order valence-electron chi connectivity index (χ4n) is 2.37. The molecule has 0 radical (unpaired) electrons.